The number of hydrogen-bond acceptors (Lipinski definition) is 9. The number of thioether (sulfide) groups is 1. The van der Waals surface area contributed by atoms with E-state index in [4.69, 9.17) is 20.7 Å². The van der Waals surface area contributed by atoms with Gasteiger partial charge in [0.15, 0.2) is 0 Å². The minimum Gasteiger partial charge on any atom is -0.480 e. The number of carbonyl (C=O) groups excluding carboxylic acids is 5. The van der Waals surface area contributed by atoms with Gasteiger partial charge in [-0.05, 0) is 41.7 Å². The van der Waals surface area contributed by atoms with E-state index in [1.165, 1.54) is 6.92 Å². The normalized spacial score (nSPS) is 16.0. The molecule has 0 saturated carbocycles. The summed E-state index contributed by atoms with van der Waals surface area (Å²) in [5, 5.41) is 25.4. The summed E-state index contributed by atoms with van der Waals surface area (Å²) in [5.74, 6) is -7.40. The molecule has 1 aliphatic heterocycles. The summed E-state index contributed by atoms with van der Waals surface area (Å²) < 4.78 is 62.9. The average molecular weight is 912 g/mol. The first-order valence-electron chi connectivity index (χ1n) is 19.4. The highest BCUT2D eigenvalue weighted by Crippen LogP contribution is 2.41. The van der Waals surface area contributed by atoms with E-state index >= 15 is 4.39 Å². The second-order valence-corrected chi connectivity index (χ2v) is 16.6. The van der Waals surface area contributed by atoms with Gasteiger partial charge in [-0.2, -0.15) is 13.2 Å². The molecule has 2 aromatic carbocycles. The van der Waals surface area contributed by atoms with Crippen LogP contribution in [0.1, 0.15) is 57.8 Å². The Hall–Kier alpha value is -6.03. The molecular weight excluding hydrogens is 862 g/mol. The molecular formula is C41H50F5N7O9S. The first kappa shape index (κ1) is 51.3. The summed E-state index contributed by atoms with van der Waals surface area (Å²) >= 11 is 1.05. The fourth-order valence-corrected chi connectivity index (χ4v) is 7.51. The lowest BCUT2D eigenvalue weighted by Gasteiger charge is -2.41. The van der Waals surface area contributed by atoms with Gasteiger partial charge in [0, 0.05) is 68.3 Å². The Bertz CT molecular complexity index is 2120. The average Bonchev–Trinajstić information content (AvgIpc) is 3.60. The number of carboxylic acids is 2. The van der Waals surface area contributed by atoms with Crippen LogP contribution in [0.25, 0.3) is 11.1 Å². The molecule has 22 heteroatoms. The third kappa shape index (κ3) is 16.0. The van der Waals surface area contributed by atoms with Crippen LogP contribution < -0.4 is 27.0 Å². The number of nitrogens with one attached hydrogen (secondary N) is 4. The molecule has 5 amide bonds. The van der Waals surface area contributed by atoms with Crippen LogP contribution in [0.3, 0.4) is 0 Å². The Morgan fingerprint density at radius 2 is 1.59 bits per heavy atom. The van der Waals surface area contributed by atoms with Crippen LogP contribution in [-0.4, -0.2) is 117 Å². The zero-order valence-electron chi connectivity index (χ0n) is 34.8. The van der Waals surface area contributed by atoms with Gasteiger partial charge in [0.2, 0.25) is 29.5 Å². The van der Waals surface area contributed by atoms with Gasteiger partial charge in [0.1, 0.15) is 17.7 Å². The lowest BCUT2D eigenvalue weighted by atomic mass is 9.82. The molecule has 344 valence electrons. The van der Waals surface area contributed by atoms with Gasteiger partial charge in [-0.15, -0.1) is 11.8 Å². The van der Waals surface area contributed by atoms with Gasteiger partial charge in [-0.3, -0.25) is 24.0 Å². The third-order valence-electron chi connectivity index (χ3n) is 9.38. The van der Waals surface area contributed by atoms with Crippen molar-refractivity contribution >= 4 is 53.2 Å². The molecule has 1 aromatic heterocycles. The molecule has 4 atom stereocenters. The SMILES string of the molecule is CC(=O)N(CCC(N)C(=O)NCCNC(=O)CNC(=O)CC1SCC(C(=O)O)NC1=O)C(c1cc(-c2cc(F)ccc2F)cn1Cc1ccccc1)C(C)(C)C.O=C(O)C(F)(F)F. The van der Waals surface area contributed by atoms with Crippen LogP contribution in [0.4, 0.5) is 22.0 Å². The Balaban J connectivity index is 0.00000139. The fourth-order valence-electron chi connectivity index (χ4n) is 6.37. The highest BCUT2D eigenvalue weighted by molar-refractivity contribution is 8.00. The quantitative estimate of drug-likeness (QED) is 0.0767. The van der Waals surface area contributed by atoms with E-state index in [0.29, 0.717) is 17.8 Å². The summed E-state index contributed by atoms with van der Waals surface area (Å²) in [5.41, 5.74) is 7.88. The predicted molar refractivity (Wildman–Crippen MR) is 221 cm³/mol. The number of carbonyl (C=O) groups is 7. The maximum absolute atomic E-state index is 15.0. The van der Waals surface area contributed by atoms with Crippen molar-refractivity contribution in [2.75, 3.05) is 31.9 Å². The minimum absolute atomic E-state index is 0.0307. The van der Waals surface area contributed by atoms with Crippen molar-refractivity contribution in [3.63, 3.8) is 0 Å². The van der Waals surface area contributed by atoms with Gasteiger partial charge in [0.05, 0.1) is 23.9 Å². The van der Waals surface area contributed by atoms with Crippen molar-refractivity contribution < 1.29 is 65.7 Å². The molecule has 0 aliphatic carbocycles. The fraction of sp³-hybridized carbons (Fsp3) is 0.439. The van der Waals surface area contributed by atoms with Gasteiger partial charge in [-0.25, -0.2) is 18.4 Å². The molecule has 1 fully saturated rings. The number of aliphatic carboxylic acids is 2. The van der Waals surface area contributed by atoms with Crippen LogP contribution >= 0.6 is 11.8 Å². The number of rotatable bonds is 17. The second kappa shape index (κ2) is 22.9. The maximum Gasteiger partial charge on any atom is 0.490 e. The summed E-state index contributed by atoms with van der Waals surface area (Å²) in [6, 6.07) is 12.0. The van der Waals surface area contributed by atoms with E-state index in [1.54, 1.807) is 17.2 Å². The minimum atomic E-state index is -5.08. The Labute approximate surface area is 363 Å². The van der Waals surface area contributed by atoms with E-state index in [-0.39, 0.29) is 56.2 Å². The molecule has 8 N–H and O–H groups in total. The van der Waals surface area contributed by atoms with Gasteiger partial charge < -0.3 is 46.7 Å². The largest absolute Gasteiger partial charge is 0.490 e. The maximum atomic E-state index is 15.0. The summed E-state index contributed by atoms with van der Waals surface area (Å²) in [7, 11) is 0. The van der Waals surface area contributed by atoms with Crippen LogP contribution in [0.2, 0.25) is 0 Å². The van der Waals surface area contributed by atoms with Gasteiger partial charge >= 0.3 is 18.1 Å². The van der Waals surface area contributed by atoms with E-state index in [2.05, 4.69) is 21.3 Å². The van der Waals surface area contributed by atoms with E-state index in [1.807, 2.05) is 55.7 Å². The number of nitrogens with zero attached hydrogens (tertiary/aromatic N) is 2. The summed E-state index contributed by atoms with van der Waals surface area (Å²) in [4.78, 5) is 84.4. The zero-order chi connectivity index (χ0) is 47.2. The van der Waals surface area contributed by atoms with Crippen molar-refractivity contribution in [2.45, 2.75) is 76.6 Å². The van der Waals surface area contributed by atoms with Gasteiger partial charge in [0.25, 0.3) is 0 Å². The van der Waals surface area contributed by atoms with E-state index < -0.39 is 82.2 Å². The van der Waals surface area contributed by atoms with Crippen molar-refractivity contribution in [1.82, 2.24) is 30.7 Å². The molecule has 4 rings (SSSR count). The number of alkyl halides is 3. The van der Waals surface area contributed by atoms with Crippen molar-refractivity contribution in [2.24, 2.45) is 11.1 Å². The number of benzene rings is 2. The Kier molecular flexibility index (Phi) is 18.6. The van der Waals surface area contributed by atoms with Crippen molar-refractivity contribution in [3.05, 3.63) is 83.7 Å². The zero-order valence-corrected chi connectivity index (χ0v) is 35.6. The highest BCUT2D eigenvalue weighted by atomic mass is 32.2. The molecule has 1 saturated heterocycles. The number of nitrogens with two attached hydrogens (primary N) is 1. The van der Waals surface area contributed by atoms with Crippen molar-refractivity contribution in [1.29, 1.82) is 0 Å². The molecule has 1 aliphatic rings. The third-order valence-corrected chi connectivity index (χ3v) is 10.7. The molecule has 3 aromatic rings. The Morgan fingerprint density at radius 3 is 2.16 bits per heavy atom. The Morgan fingerprint density at radius 1 is 0.952 bits per heavy atom. The predicted octanol–water partition coefficient (Wildman–Crippen LogP) is 3.19. The molecule has 0 radical (unpaired) electrons. The number of hydrogen-bond donors (Lipinski definition) is 7. The molecule has 0 bridgehead atoms. The van der Waals surface area contributed by atoms with Crippen molar-refractivity contribution in [3.8, 4) is 11.1 Å². The summed E-state index contributed by atoms with van der Waals surface area (Å²) in [6.45, 7) is 7.51. The first-order chi connectivity index (χ1) is 29.4. The molecule has 63 heavy (non-hydrogen) atoms. The monoisotopic (exact) mass is 911 g/mol. The molecule has 0 spiro atoms. The molecule has 2 heterocycles. The van der Waals surface area contributed by atoms with Crippen LogP contribution in [-0.2, 0) is 40.1 Å². The van der Waals surface area contributed by atoms with Crippen LogP contribution in [0, 0.1) is 17.0 Å². The topological polar surface area (TPSA) is 242 Å². The lowest BCUT2D eigenvalue weighted by molar-refractivity contribution is -0.192. The first-order valence-corrected chi connectivity index (χ1v) is 20.4. The molecule has 4 unspecified atom stereocenters. The number of halogens is 5. The van der Waals surface area contributed by atoms with Crippen LogP contribution in [0.5, 0.6) is 0 Å². The molecule has 16 nitrogen and oxygen atoms in total. The standard InChI is InChI=1S/C39H49F2N7O7S.C2HF3O2/c1-23(49)48(15-12-29(42)36(52)44-14-13-43-34(51)19-45-33(50)18-32-37(53)46-30(22-56-32)38(54)55)35(39(2,3)4)31-16-25(27-17-26(40)10-11-28(27)41)21-47(31)20-24-8-6-5-7-9-24;3-2(4,5)1(6)7/h5-11,16-17,21,29-30,32,35H,12-15,18-20,22,42H2,1-4H3,(H,43,51)(H,44,52)(H,45,50)(H,46,53)(H,54,55);(H,6,7). The second-order valence-electron chi connectivity index (χ2n) is 15.4. The van der Waals surface area contributed by atoms with Crippen LogP contribution in [0.15, 0.2) is 60.8 Å². The highest BCUT2D eigenvalue weighted by Gasteiger charge is 2.39. The van der Waals surface area contributed by atoms with E-state index in [9.17, 15) is 46.3 Å². The van der Waals surface area contributed by atoms with Gasteiger partial charge in [-0.1, -0.05) is 51.1 Å². The lowest BCUT2D eigenvalue weighted by Crippen LogP contribution is -2.51. The number of aromatic nitrogens is 1. The smallest absolute Gasteiger partial charge is 0.480 e. The number of carboxylic acid groups (broad SMARTS) is 2. The number of amides is 5. The van der Waals surface area contributed by atoms with E-state index in [0.717, 1.165) is 35.5 Å². The summed E-state index contributed by atoms with van der Waals surface area (Å²) in [6.07, 6.45) is -3.47.